The largest absolute Gasteiger partial charge is 0.493 e. The normalized spacial score (nSPS) is 24.7. The Morgan fingerprint density at radius 1 is 0.730 bits per heavy atom. The van der Waals surface area contributed by atoms with Crippen molar-refractivity contribution in [1.82, 2.24) is 0 Å². The first-order chi connectivity index (χ1) is 17.7. The molecule has 37 heavy (non-hydrogen) atoms. The first-order valence-corrected chi connectivity index (χ1v) is 14.0. The van der Waals surface area contributed by atoms with Gasteiger partial charge >= 0.3 is 6.18 Å². The first-order valence-electron chi connectivity index (χ1n) is 14.0. The highest BCUT2D eigenvalue weighted by atomic mass is 19.4. The van der Waals surface area contributed by atoms with E-state index in [2.05, 4.69) is 6.92 Å². The van der Waals surface area contributed by atoms with E-state index >= 15 is 0 Å². The Morgan fingerprint density at radius 3 is 1.78 bits per heavy atom. The minimum Gasteiger partial charge on any atom is -0.493 e. The predicted molar refractivity (Wildman–Crippen MR) is 137 cm³/mol. The second-order valence-electron chi connectivity index (χ2n) is 11.2. The van der Waals surface area contributed by atoms with Crippen LogP contribution in [0.25, 0.3) is 11.1 Å². The Kier molecular flexibility index (Phi) is 9.52. The van der Waals surface area contributed by atoms with Crippen LogP contribution in [0.3, 0.4) is 0 Å². The predicted octanol–water partition coefficient (Wildman–Crippen LogP) is 10.2. The second kappa shape index (κ2) is 12.6. The summed E-state index contributed by atoms with van der Waals surface area (Å²) in [6.07, 6.45) is 11.0. The molecule has 0 unspecified atom stereocenters. The van der Waals surface area contributed by atoms with Gasteiger partial charge in [-0.1, -0.05) is 57.6 Å². The van der Waals surface area contributed by atoms with Crippen molar-refractivity contribution >= 4 is 0 Å². The molecule has 204 valence electrons. The third kappa shape index (κ3) is 7.48. The monoisotopic (exact) mass is 522 g/mol. The van der Waals surface area contributed by atoms with E-state index in [-0.39, 0.29) is 5.56 Å². The average Bonchev–Trinajstić information content (AvgIpc) is 2.87. The van der Waals surface area contributed by atoms with Gasteiger partial charge in [-0.3, -0.25) is 0 Å². The van der Waals surface area contributed by atoms with Gasteiger partial charge in [0.2, 0.25) is 0 Å². The van der Waals surface area contributed by atoms with Crippen molar-refractivity contribution in [2.75, 3.05) is 6.61 Å². The molecular weight excluding hydrogens is 483 g/mol. The molecule has 1 nitrogen and oxygen atoms in total. The van der Waals surface area contributed by atoms with Crippen molar-refractivity contribution in [1.29, 1.82) is 0 Å². The summed E-state index contributed by atoms with van der Waals surface area (Å²) in [6.45, 7) is 2.91. The van der Waals surface area contributed by atoms with Crippen LogP contribution in [0.4, 0.5) is 22.0 Å². The van der Waals surface area contributed by atoms with E-state index < -0.39 is 23.4 Å². The summed E-state index contributed by atoms with van der Waals surface area (Å²) in [4.78, 5) is 0. The molecule has 6 heteroatoms. The number of ether oxygens (including phenoxy) is 1. The molecule has 2 saturated carbocycles. The maximum absolute atomic E-state index is 13.9. The topological polar surface area (TPSA) is 9.23 Å². The quantitative estimate of drug-likeness (QED) is 0.235. The molecule has 0 heterocycles. The van der Waals surface area contributed by atoms with Gasteiger partial charge in [-0.25, -0.2) is 8.78 Å². The van der Waals surface area contributed by atoms with Gasteiger partial charge in [0.25, 0.3) is 0 Å². The molecule has 2 fully saturated rings. The van der Waals surface area contributed by atoms with Crippen LogP contribution in [-0.4, -0.2) is 6.61 Å². The number of alkyl halides is 3. The van der Waals surface area contributed by atoms with Crippen molar-refractivity contribution < 1.29 is 26.7 Å². The molecule has 0 atom stereocenters. The van der Waals surface area contributed by atoms with Crippen LogP contribution in [0.15, 0.2) is 36.4 Å². The average molecular weight is 523 g/mol. The van der Waals surface area contributed by atoms with Crippen LogP contribution >= 0.6 is 0 Å². The molecule has 0 spiro atoms. The van der Waals surface area contributed by atoms with E-state index in [0.717, 1.165) is 29.9 Å². The van der Waals surface area contributed by atoms with Gasteiger partial charge in [0.1, 0.15) is 22.9 Å². The third-order valence-corrected chi connectivity index (χ3v) is 8.66. The lowest BCUT2D eigenvalue weighted by Crippen LogP contribution is -2.27. The highest BCUT2D eigenvalue weighted by Crippen LogP contribution is 2.42. The molecule has 0 saturated heterocycles. The molecule has 0 bridgehead atoms. The zero-order chi connectivity index (χ0) is 26.4. The van der Waals surface area contributed by atoms with E-state index in [1.807, 2.05) is 0 Å². The molecule has 2 aliphatic rings. The number of rotatable bonds is 9. The molecule has 0 aliphatic heterocycles. The molecule has 2 aromatic rings. The van der Waals surface area contributed by atoms with Crippen molar-refractivity contribution in [3.8, 4) is 16.9 Å². The van der Waals surface area contributed by atoms with Crippen LogP contribution in [-0.2, 0) is 6.18 Å². The second-order valence-corrected chi connectivity index (χ2v) is 11.2. The van der Waals surface area contributed by atoms with Gasteiger partial charge in [0.15, 0.2) is 0 Å². The minimum atomic E-state index is -5.07. The standard InChI is InChI=1S/C31H39F5O/c1-2-3-4-5-21-6-10-23(11-7-21)24-12-8-22(9-13-24)20-37-27-16-14-25(15-17-27)26-18-28(32)30(29(33)19-26)31(34,35)36/h14-19,21-24H,2-13,20H2,1H3. The van der Waals surface area contributed by atoms with Gasteiger partial charge in [0, 0.05) is 0 Å². The Hall–Kier alpha value is -2.11. The minimum absolute atomic E-state index is 0.0582. The van der Waals surface area contributed by atoms with E-state index in [1.165, 1.54) is 77.0 Å². The zero-order valence-corrected chi connectivity index (χ0v) is 21.8. The third-order valence-electron chi connectivity index (χ3n) is 8.66. The van der Waals surface area contributed by atoms with E-state index in [1.54, 1.807) is 24.3 Å². The fraction of sp³-hybridized carbons (Fsp3) is 0.613. The molecule has 0 amide bonds. The lowest BCUT2D eigenvalue weighted by atomic mass is 9.69. The molecule has 2 aromatic carbocycles. The van der Waals surface area contributed by atoms with Crippen LogP contribution in [0.1, 0.15) is 89.5 Å². The molecule has 4 rings (SSSR count). The number of hydrogen-bond acceptors (Lipinski definition) is 1. The number of halogens is 5. The zero-order valence-electron chi connectivity index (χ0n) is 21.8. The molecule has 0 radical (unpaired) electrons. The van der Waals surface area contributed by atoms with Crippen molar-refractivity contribution in [3.05, 3.63) is 53.6 Å². The Morgan fingerprint density at radius 2 is 1.27 bits per heavy atom. The lowest BCUT2D eigenvalue weighted by Gasteiger charge is -2.38. The summed E-state index contributed by atoms with van der Waals surface area (Å²) in [5.41, 5.74) is -1.37. The number of unbranched alkanes of at least 4 members (excludes halogenated alkanes) is 2. The maximum Gasteiger partial charge on any atom is 0.422 e. The summed E-state index contributed by atoms with van der Waals surface area (Å²) in [6, 6.07) is 8.08. The van der Waals surface area contributed by atoms with Crippen molar-refractivity contribution in [3.63, 3.8) is 0 Å². The van der Waals surface area contributed by atoms with Crippen LogP contribution in [0, 0.1) is 35.3 Å². The highest BCUT2D eigenvalue weighted by Gasteiger charge is 2.38. The summed E-state index contributed by atoms with van der Waals surface area (Å²) >= 11 is 0. The number of benzene rings is 2. The summed E-state index contributed by atoms with van der Waals surface area (Å²) in [5.74, 6) is 0.668. The van der Waals surface area contributed by atoms with E-state index in [4.69, 9.17) is 4.74 Å². The van der Waals surface area contributed by atoms with Crippen LogP contribution in [0.5, 0.6) is 5.75 Å². The fourth-order valence-corrected chi connectivity index (χ4v) is 6.43. The van der Waals surface area contributed by atoms with Crippen LogP contribution in [0.2, 0.25) is 0 Å². The Labute approximate surface area is 217 Å². The summed E-state index contributed by atoms with van der Waals surface area (Å²) in [5, 5.41) is 0. The SMILES string of the molecule is CCCCCC1CCC(C2CCC(COc3ccc(-c4cc(F)c(C(F)(F)F)c(F)c4)cc3)CC2)CC1. The molecule has 2 aliphatic carbocycles. The van der Waals surface area contributed by atoms with Gasteiger partial charge in [0.05, 0.1) is 6.61 Å². The van der Waals surface area contributed by atoms with Crippen molar-refractivity contribution in [2.45, 2.75) is 90.1 Å². The molecule has 0 aromatic heterocycles. The van der Waals surface area contributed by atoms with Crippen LogP contribution < -0.4 is 4.74 Å². The molecular formula is C31H39F5O. The van der Waals surface area contributed by atoms with Crippen molar-refractivity contribution in [2.24, 2.45) is 23.7 Å². The number of hydrogen-bond donors (Lipinski definition) is 0. The smallest absolute Gasteiger partial charge is 0.422 e. The molecule has 0 N–H and O–H groups in total. The van der Waals surface area contributed by atoms with Gasteiger partial charge < -0.3 is 4.74 Å². The Bertz CT molecular complexity index is 961. The van der Waals surface area contributed by atoms with Gasteiger partial charge in [-0.2, -0.15) is 13.2 Å². The highest BCUT2D eigenvalue weighted by molar-refractivity contribution is 5.65. The fourth-order valence-electron chi connectivity index (χ4n) is 6.43. The van der Waals surface area contributed by atoms with Gasteiger partial charge in [-0.15, -0.1) is 0 Å². The lowest BCUT2D eigenvalue weighted by molar-refractivity contribution is -0.142. The Balaban J connectivity index is 1.21. The summed E-state index contributed by atoms with van der Waals surface area (Å²) in [7, 11) is 0. The summed E-state index contributed by atoms with van der Waals surface area (Å²) < 4.78 is 72.3. The maximum atomic E-state index is 13.9. The van der Waals surface area contributed by atoms with E-state index in [0.29, 0.717) is 23.8 Å². The first kappa shape index (κ1) is 27.9. The van der Waals surface area contributed by atoms with Gasteiger partial charge in [-0.05, 0) is 97.6 Å². The van der Waals surface area contributed by atoms with E-state index in [9.17, 15) is 22.0 Å².